The molecule has 1 heterocycles. The minimum absolute atomic E-state index is 0.0117. The molecule has 1 saturated carbocycles. The molecule has 0 aromatic carbocycles. The molecule has 1 aliphatic carbocycles. The molecular weight excluding hydrogens is 262 g/mol. The van der Waals surface area contributed by atoms with Crippen molar-refractivity contribution in [2.75, 3.05) is 13.1 Å². The van der Waals surface area contributed by atoms with Gasteiger partial charge in [0.2, 0.25) is 0 Å². The van der Waals surface area contributed by atoms with Crippen molar-refractivity contribution in [3.05, 3.63) is 0 Å². The van der Waals surface area contributed by atoms with Crippen molar-refractivity contribution in [3.8, 4) is 0 Å². The molecule has 0 aromatic rings. The average Bonchev–Trinajstić information content (AvgIpc) is 2.81. The van der Waals surface area contributed by atoms with Crippen LogP contribution in [-0.2, 0) is 9.53 Å². The van der Waals surface area contributed by atoms with Gasteiger partial charge in [0.05, 0.1) is 12.5 Å². The summed E-state index contributed by atoms with van der Waals surface area (Å²) < 4.78 is 5.85. The molecule has 5 atom stereocenters. The van der Waals surface area contributed by atoms with Crippen LogP contribution < -0.4 is 0 Å². The third kappa shape index (κ3) is 3.61. The highest BCUT2D eigenvalue weighted by atomic mass is 16.6. The van der Waals surface area contributed by atoms with Crippen LogP contribution in [0.3, 0.4) is 0 Å². The maximum absolute atomic E-state index is 12.0. The Labute approximate surface area is 130 Å². The number of nitrogens with zero attached hydrogens (tertiary/aromatic N) is 1. The fourth-order valence-corrected chi connectivity index (χ4v) is 4.62. The van der Waals surface area contributed by atoms with Crippen LogP contribution >= 0.6 is 0 Å². The standard InChI is InChI=1S/C18H33NO2/c1-6-19(7-2)16-11-17(20)21-18(16)15-10-13(5)8-9-14(15)12(3)4/h12-16,18H,6-11H2,1-5H3/t13?,14?,15?,16-,18+/m1/s1. The van der Waals surface area contributed by atoms with Crippen molar-refractivity contribution in [1.82, 2.24) is 4.90 Å². The van der Waals surface area contributed by atoms with Crippen LogP contribution in [0.1, 0.15) is 60.3 Å². The Morgan fingerprint density at radius 3 is 2.48 bits per heavy atom. The maximum atomic E-state index is 12.0. The van der Waals surface area contributed by atoms with Crippen molar-refractivity contribution >= 4 is 5.97 Å². The summed E-state index contributed by atoms with van der Waals surface area (Å²) in [5.41, 5.74) is 0. The van der Waals surface area contributed by atoms with Gasteiger partial charge in [-0.15, -0.1) is 0 Å². The average molecular weight is 295 g/mol. The molecule has 0 radical (unpaired) electrons. The second-order valence-corrected chi connectivity index (χ2v) is 7.44. The summed E-state index contributed by atoms with van der Waals surface area (Å²) in [7, 11) is 0. The minimum Gasteiger partial charge on any atom is -0.460 e. The van der Waals surface area contributed by atoms with Crippen LogP contribution in [0.2, 0.25) is 0 Å². The SMILES string of the molecule is CCN(CC)[C@@H]1CC(=O)O[C@H]1C1CC(C)CCC1C(C)C. The van der Waals surface area contributed by atoms with Crippen LogP contribution in [0.25, 0.3) is 0 Å². The molecule has 2 aliphatic rings. The Bertz CT molecular complexity index is 351. The number of hydrogen-bond acceptors (Lipinski definition) is 3. The quantitative estimate of drug-likeness (QED) is 0.724. The van der Waals surface area contributed by atoms with Crippen molar-refractivity contribution in [3.63, 3.8) is 0 Å². The molecule has 2 fully saturated rings. The van der Waals surface area contributed by atoms with Crippen LogP contribution in [0.15, 0.2) is 0 Å². The Hall–Kier alpha value is -0.570. The predicted molar refractivity (Wildman–Crippen MR) is 86.0 cm³/mol. The van der Waals surface area contributed by atoms with Gasteiger partial charge < -0.3 is 4.74 Å². The lowest BCUT2D eigenvalue weighted by Crippen LogP contribution is -2.47. The van der Waals surface area contributed by atoms with Crippen molar-refractivity contribution in [2.45, 2.75) is 72.4 Å². The smallest absolute Gasteiger partial charge is 0.307 e. The summed E-state index contributed by atoms with van der Waals surface area (Å²) in [6.07, 6.45) is 4.55. The predicted octanol–water partition coefficient (Wildman–Crippen LogP) is 3.72. The van der Waals surface area contributed by atoms with E-state index in [2.05, 4.69) is 39.5 Å². The lowest BCUT2D eigenvalue weighted by Gasteiger charge is -2.43. The number of rotatable bonds is 5. The monoisotopic (exact) mass is 295 g/mol. The van der Waals surface area contributed by atoms with Crippen LogP contribution in [-0.4, -0.2) is 36.1 Å². The number of carbonyl (C=O) groups is 1. The van der Waals surface area contributed by atoms with Crippen LogP contribution in [0.5, 0.6) is 0 Å². The molecule has 3 unspecified atom stereocenters. The molecule has 2 rings (SSSR count). The van der Waals surface area contributed by atoms with Gasteiger partial charge in [-0.25, -0.2) is 0 Å². The largest absolute Gasteiger partial charge is 0.460 e. The van der Waals surface area contributed by atoms with Crippen molar-refractivity contribution in [1.29, 1.82) is 0 Å². The van der Waals surface area contributed by atoms with E-state index in [0.717, 1.165) is 19.0 Å². The molecular formula is C18H33NO2. The first-order valence-electron chi connectivity index (χ1n) is 8.91. The van der Waals surface area contributed by atoms with E-state index >= 15 is 0 Å². The zero-order valence-corrected chi connectivity index (χ0v) is 14.5. The normalized spacial score (nSPS) is 37.3. The first-order valence-corrected chi connectivity index (χ1v) is 8.91. The lowest BCUT2D eigenvalue weighted by atomic mass is 9.67. The number of carbonyl (C=O) groups excluding carboxylic acids is 1. The Morgan fingerprint density at radius 1 is 1.24 bits per heavy atom. The number of ether oxygens (including phenoxy) is 1. The van der Waals surface area contributed by atoms with Gasteiger partial charge in [0.15, 0.2) is 0 Å². The summed E-state index contributed by atoms with van der Waals surface area (Å²) in [6, 6.07) is 0.295. The molecule has 1 saturated heterocycles. The first-order chi connectivity index (χ1) is 9.97. The van der Waals surface area contributed by atoms with E-state index in [1.807, 2.05) is 0 Å². The second kappa shape index (κ2) is 7.13. The van der Waals surface area contributed by atoms with Gasteiger partial charge in [-0.3, -0.25) is 9.69 Å². The molecule has 21 heavy (non-hydrogen) atoms. The van der Waals surface area contributed by atoms with Gasteiger partial charge in [-0.2, -0.15) is 0 Å². The zero-order chi connectivity index (χ0) is 15.6. The summed E-state index contributed by atoms with van der Waals surface area (Å²) >= 11 is 0. The van der Waals surface area contributed by atoms with Crippen molar-refractivity contribution in [2.24, 2.45) is 23.7 Å². The molecule has 0 spiro atoms. The summed E-state index contributed by atoms with van der Waals surface area (Å²) in [5, 5.41) is 0. The summed E-state index contributed by atoms with van der Waals surface area (Å²) in [4.78, 5) is 14.4. The number of cyclic esters (lactones) is 1. The molecule has 0 amide bonds. The lowest BCUT2D eigenvalue weighted by molar-refractivity contribution is -0.146. The number of likely N-dealkylation sites (N-methyl/N-ethyl adjacent to an activating group) is 1. The summed E-state index contributed by atoms with van der Waals surface area (Å²) in [6.45, 7) is 13.4. The van der Waals surface area contributed by atoms with E-state index in [1.165, 1.54) is 19.3 Å². The van der Waals surface area contributed by atoms with Gasteiger partial charge in [0, 0.05) is 5.92 Å². The van der Waals surface area contributed by atoms with Crippen molar-refractivity contribution < 1.29 is 9.53 Å². The van der Waals surface area contributed by atoms with E-state index in [-0.39, 0.29) is 12.1 Å². The van der Waals surface area contributed by atoms with E-state index in [4.69, 9.17) is 4.74 Å². The Kier molecular flexibility index (Phi) is 5.70. The molecule has 122 valence electrons. The molecule has 3 heteroatoms. The number of hydrogen-bond donors (Lipinski definition) is 0. The second-order valence-electron chi connectivity index (χ2n) is 7.44. The Morgan fingerprint density at radius 2 is 1.90 bits per heavy atom. The third-order valence-corrected chi connectivity index (χ3v) is 5.80. The molecule has 0 bridgehead atoms. The topological polar surface area (TPSA) is 29.5 Å². The van der Waals surface area contributed by atoms with Gasteiger partial charge >= 0.3 is 5.97 Å². The zero-order valence-electron chi connectivity index (χ0n) is 14.5. The molecule has 0 N–H and O–H groups in total. The highest BCUT2D eigenvalue weighted by Gasteiger charge is 2.46. The minimum atomic E-state index is 0.0117. The highest BCUT2D eigenvalue weighted by molar-refractivity contribution is 5.73. The van der Waals surface area contributed by atoms with Gasteiger partial charge in [-0.05, 0) is 43.7 Å². The van der Waals surface area contributed by atoms with Gasteiger partial charge in [0.1, 0.15) is 6.10 Å². The summed E-state index contributed by atoms with van der Waals surface area (Å²) in [5.74, 6) is 2.71. The number of esters is 1. The van der Waals surface area contributed by atoms with Gasteiger partial charge in [-0.1, -0.05) is 41.0 Å². The molecule has 0 aromatic heterocycles. The van der Waals surface area contributed by atoms with Crippen LogP contribution in [0, 0.1) is 23.7 Å². The fraction of sp³-hybridized carbons (Fsp3) is 0.944. The van der Waals surface area contributed by atoms with E-state index in [9.17, 15) is 4.79 Å². The van der Waals surface area contributed by atoms with E-state index < -0.39 is 0 Å². The molecule has 3 nitrogen and oxygen atoms in total. The van der Waals surface area contributed by atoms with Crippen LogP contribution in [0.4, 0.5) is 0 Å². The maximum Gasteiger partial charge on any atom is 0.307 e. The Balaban J connectivity index is 2.20. The first kappa shape index (κ1) is 16.8. The molecule has 1 aliphatic heterocycles. The highest BCUT2D eigenvalue weighted by Crippen LogP contribution is 2.43. The fourth-order valence-electron chi connectivity index (χ4n) is 4.62. The van der Waals surface area contributed by atoms with Gasteiger partial charge in [0.25, 0.3) is 0 Å². The third-order valence-electron chi connectivity index (χ3n) is 5.80. The van der Waals surface area contributed by atoms with E-state index in [1.54, 1.807) is 0 Å². The van der Waals surface area contributed by atoms with E-state index in [0.29, 0.717) is 30.2 Å².